The molecule has 1 saturated heterocycles. The summed E-state index contributed by atoms with van der Waals surface area (Å²) in [4.78, 5) is 26.6. The Morgan fingerprint density at radius 1 is 1.16 bits per heavy atom. The summed E-state index contributed by atoms with van der Waals surface area (Å²) in [7, 11) is 1.60. The molecule has 0 radical (unpaired) electrons. The molecule has 1 aliphatic heterocycles. The first-order valence-corrected chi connectivity index (χ1v) is 12.2. The van der Waals surface area contributed by atoms with Gasteiger partial charge in [-0.3, -0.25) is 14.5 Å². The average Bonchev–Trinajstić information content (AvgIpc) is 3.01. The largest absolute Gasteiger partial charge is 0.490 e. The highest BCUT2D eigenvalue weighted by molar-refractivity contribution is 14.1. The van der Waals surface area contributed by atoms with Crippen LogP contribution in [0.15, 0.2) is 41.3 Å². The number of hydrogen-bond donors (Lipinski definition) is 0. The van der Waals surface area contributed by atoms with Gasteiger partial charge in [0.15, 0.2) is 11.5 Å². The molecule has 0 atom stereocenters. The zero-order valence-corrected chi connectivity index (χ0v) is 21.3. The minimum Gasteiger partial charge on any atom is -0.490 e. The third-order valence-corrected chi connectivity index (χ3v) is 6.41. The van der Waals surface area contributed by atoms with Gasteiger partial charge in [0.05, 0.1) is 15.1 Å². The zero-order chi connectivity index (χ0) is 23.1. The van der Waals surface area contributed by atoms with Crippen molar-refractivity contribution in [2.75, 3.05) is 26.9 Å². The first kappa shape index (κ1) is 24.6. The van der Waals surface area contributed by atoms with E-state index in [9.17, 15) is 9.59 Å². The topological polar surface area (TPSA) is 65.1 Å². The molecule has 0 saturated carbocycles. The second kappa shape index (κ2) is 11.7. The van der Waals surface area contributed by atoms with E-state index in [0.29, 0.717) is 49.2 Å². The molecule has 3 rings (SSSR count). The summed E-state index contributed by atoms with van der Waals surface area (Å²) in [5.41, 5.74) is 3.04. The lowest BCUT2D eigenvalue weighted by molar-refractivity contribution is -0.122. The lowest BCUT2D eigenvalue weighted by Crippen LogP contribution is -2.29. The van der Waals surface area contributed by atoms with Gasteiger partial charge in [-0.15, -0.1) is 0 Å². The normalized spacial score (nSPS) is 15.0. The minimum atomic E-state index is -0.274. The van der Waals surface area contributed by atoms with Gasteiger partial charge in [-0.2, -0.15) is 0 Å². The van der Waals surface area contributed by atoms with Crippen LogP contribution >= 0.6 is 34.4 Å². The molecule has 0 unspecified atom stereocenters. The van der Waals surface area contributed by atoms with Gasteiger partial charge in [0.25, 0.3) is 11.1 Å². The van der Waals surface area contributed by atoms with E-state index in [0.717, 1.165) is 26.5 Å². The highest BCUT2D eigenvalue weighted by atomic mass is 127. The second-order valence-corrected chi connectivity index (χ2v) is 9.38. The Balaban J connectivity index is 1.80. The highest BCUT2D eigenvalue weighted by Gasteiger charge is 2.34. The van der Waals surface area contributed by atoms with Gasteiger partial charge in [0.1, 0.15) is 6.61 Å². The Morgan fingerprint density at radius 2 is 1.97 bits per heavy atom. The summed E-state index contributed by atoms with van der Waals surface area (Å²) in [6.45, 7) is 5.72. The van der Waals surface area contributed by atoms with Crippen molar-refractivity contribution in [2.24, 2.45) is 0 Å². The number of methoxy groups -OCH3 is 1. The molecule has 1 aliphatic rings. The molecule has 2 aromatic rings. The third-order valence-electron chi connectivity index (χ3n) is 4.70. The fourth-order valence-corrected chi connectivity index (χ4v) is 4.89. The quantitative estimate of drug-likeness (QED) is 0.210. The Morgan fingerprint density at radius 3 is 2.69 bits per heavy atom. The van der Waals surface area contributed by atoms with Crippen LogP contribution in [0.25, 0.3) is 6.08 Å². The lowest BCUT2D eigenvalue weighted by atomic mass is 10.1. The maximum Gasteiger partial charge on any atom is 0.293 e. The molecular formula is C24H26INO5S. The number of aryl methyl sites for hydroxylation is 1. The first-order chi connectivity index (χ1) is 15.4. The van der Waals surface area contributed by atoms with Crippen LogP contribution < -0.4 is 9.47 Å². The summed E-state index contributed by atoms with van der Waals surface area (Å²) in [6.07, 6.45) is 2.34. The van der Waals surface area contributed by atoms with E-state index in [-0.39, 0.29) is 11.1 Å². The Bertz CT molecular complexity index is 1020. The average molecular weight is 567 g/mol. The van der Waals surface area contributed by atoms with Gasteiger partial charge in [0, 0.05) is 20.3 Å². The van der Waals surface area contributed by atoms with Gasteiger partial charge < -0.3 is 14.2 Å². The van der Waals surface area contributed by atoms with Crippen molar-refractivity contribution in [2.45, 2.75) is 26.9 Å². The summed E-state index contributed by atoms with van der Waals surface area (Å²) in [6, 6.07) is 11.9. The van der Waals surface area contributed by atoms with E-state index in [1.165, 1.54) is 10.5 Å². The van der Waals surface area contributed by atoms with E-state index >= 15 is 0 Å². The summed E-state index contributed by atoms with van der Waals surface area (Å²) < 4.78 is 17.8. The molecule has 2 aromatic carbocycles. The second-order valence-electron chi connectivity index (χ2n) is 7.22. The number of thioether (sulfide) groups is 1. The van der Waals surface area contributed by atoms with Crippen molar-refractivity contribution in [1.82, 2.24) is 4.90 Å². The predicted octanol–water partition coefficient (Wildman–Crippen LogP) is 5.65. The minimum absolute atomic E-state index is 0.254. The van der Waals surface area contributed by atoms with Crippen molar-refractivity contribution in [3.8, 4) is 11.5 Å². The van der Waals surface area contributed by atoms with Gasteiger partial charge in [0.2, 0.25) is 0 Å². The van der Waals surface area contributed by atoms with Crippen LogP contribution in [0.2, 0.25) is 0 Å². The van der Waals surface area contributed by atoms with Crippen molar-refractivity contribution < 1.29 is 23.8 Å². The molecule has 1 fully saturated rings. The molecule has 0 aromatic heterocycles. The molecule has 0 spiro atoms. The summed E-state index contributed by atoms with van der Waals surface area (Å²) >= 11 is 3.16. The molecular weight excluding hydrogens is 541 g/mol. The number of benzene rings is 2. The van der Waals surface area contributed by atoms with Crippen molar-refractivity contribution >= 4 is 51.6 Å². The van der Waals surface area contributed by atoms with E-state index in [4.69, 9.17) is 14.2 Å². The van der Waals surface area contributed by atoms with Crippen LogP contribution in [0.1, 0.15) is 30.0 Å². The molecule has 2 amide bonds. The van der Waals surface area contributed by atoms with Crippen LogP contribution in [-0.4, -0.2) is 42.9 Å². The Labute approximate surface area is 206 Å². The van der Waals surface area contributed by atoms with Crippen molar-refractivity contribution in [1.29, 1.82) is 0 Å². The number of amides is 2. The lowest BCUT2D eigenvalue weighted by Gasteiger charge is -2.15. The van der Waals surface area contributed by atoms with Crippen LogP contribution in [0.4, 0.5) is 4.79 Å². The van der Waals surface area contributed by atoms with Gasteiger partial charge >= 0.3 is 0 Å². The number of halogens is 1. The molecule has 32 heavy (non-hydrogen) atoms. The van der Waals surface area contributed by atoms with E-state index in [2.05, 4.69) is 28.7 Å². The van der Waals surface area contributed by atoms with Crippen LogP contribution in [0, 0.1) is 10.5 Å². The molecule has 6 nitrogen and oxygen atoms in total. The van der Waals surface area contributed by atoms with Crippen molar-refractivity contribution in [3.05, 3.63) is 61.6 Å². The summed E-state index contributed by atoms with van der Waals surface area (Å²) in [5.74, 6) is 1.00. The SMILES string of the molecule is CCOc1cc(/C=C2/SC(=O)N(CCCOC)C2=O)cc(I)c1OCc1cccc(C)c1. The molecule has 0 bridgehead atoms. The Kier molecular flexibility index (Phi) is 9.01. The maximum absolute atomic E-state index is 12.7. The van der Waals surface area contributed by atoms with Gasteiger partial charge in [-0.25, -0.2) is 0 Å². The van der Waals surface area contributed by atoms with E-state index in [1.54, 1.807) is 13.2 Å². The fraction of sp³-hybridized carbons (Fsp3) is 0.333. The third kappa shape index (κ3) is 6.26. The number of ether oxygens (including phenoxy) is 3. The Hall–Kier alpha value is -2.04. The highest BCUT2D eigenvalue weighted by Crippen LogP contribution is 2.38. The van der Waals surface area contributed by atoms with Gasteiger partial charge in [-0.05, 0) is 84.0 Å². The monoisotopic (exact) mass is 567 g/mol. The molecule has 0 aliphatic carbocycles. The number of carbonyl (C=O) groups excluding carboxylic acids is 2. The number of hydrogen-bond acceptors (Lipinski definition) is 6. The van der Waals surface area contributed by atoms with Gasteiger partial charge in [-0.1, -0.05) is 29.8 Å². The van der Waals surface area contributed by atoms with E-state index < -0.39 is 0 Å². The van der Waals surface area contributed by atoms with Crippen molar-refractivity contribution in [3.63, 3.8) is 0 Å². The van der Waals surface area contributed by atoms with Crippen LogP contribution in [-0.2, 0) is 16.1 Å². The number of nitrogens with zero attached hydrogens (tertiary/aromatic N) is 1. The standard InChI is InChI=1S/C24H26INO5S/c1-4-30-20-13-18(14-21-23(27)26(24(28)32-21)9-6-10-29-3)12-19(25)22(20)31-15-17-8-5-7-16(2)11-17/h5,7-8,11-14H,4,6,9-10,15H2,1-3H3/b21-14+. The first-order valence-electron chi connectivity index (χ1n) is 10.3. The smallest absolute Gasteiger partial charge is 0.293 e. The van der Waals surface area contributed by atoms with E-state index in [1.807, 2.05) is 44.2 Å². The van der Waals surface area contributed by atoms with Crippen LogP contribution in [0.5, 0.6) is 11.5 Å². The molecule has 170 valence electrons. The fourth-order valence-electron chi connectivity index (χ4n) is 3.24. The number of rotatable bonds is 10. The molecule has 0 N–H and O–H groups in total. The molecule has 8 heteroatoms. The predicted molar refractivity (Wildman–Crippen MR) is 135 cm³/mol. The number of carbonyl (C=O) groups is 2. The number of imide groups is 1. The summed E-state index contributed by atoms with van der Waals surface area (Å²) in [5, 5.41) is -0.254. The molecule has 1 heterocycles. The maximum atomic E-state index is 12.7. The zero-order valence-electron chi connectivity index (χ0n) is 18.4. The van der Waals surface area contributed by atoms with Crippen LogP contribution in [0.3, 0.4) is 0 Å².